The second kappa shape index (κ2) is 9.67. The maximum Gasteiger partial charge on any atom is 0.335 e. The minimum absolute atomic E-state index is 0.302. The fourth-order valence-electron chi connectivity index (χ4n) is 2.91. The van der Waals surface area contributed by atoms with Crippen LogP contribution in [-0.4, -0.2) is 63.0 Å². The molecule has 1 aromatic carbocycles. The molecule has 166 valence electrons. The first kappa shape index (κ1) is 24.0. The summed E-state index contributed by atoms with van der Waals surface area (Å²) in [4.78, 5) is 42.4. The van der Waals surface area contributed by atoms with Crippen molar-refractivity contribution < 1.29 is 33.8 Å². The van der Waals surface area contributed by atoms with Crippen LogP contribution in [0.4, 0.5) is 0 Å². The number of aliphatic hydroxyl groups excluding tert-OH is 1. The number of thioether (sulfide) groups is 1. The molecule has 9 nitrogen and oxygen atoms in total. The topological polar surface area (TPSA) is 114 Å². The number of hydrogen-bond acceptors (Lipinski definition) is 8. The third kappa shape index (κ3) is 6.61. The van der Waals surface area contributed by atoms with Crippen LogP contribution in [-0.2, 0) is 24.0 Å². The van der Waals surface area contributed by atoms with Crippen molar-refractivity contribution in [2.45, 2.75) is 56.6 Å². The van der Waals surface area contributed by atoms with Crippen LogP contribution in [0, 0.1) is 0 Å². The summed E-state index contributed by atoms with van der Waals surface area (Å²) in [5, 5.41) is 10.4. The average molecular weight is 441 g/mol. The number of esters is 1. The molecule has 10 heteroatoms. The van der Waals surface area contributed by atoms with Gasteiger partial charge in [0.05, 0.1) is 4.87 Å². The number of benzene rings is 1. The fraction of sp³-hybridized carbons (Fsp3) is 0.550. The van der Waals surface area contributed by atoms with E-state index in [1.807, 2.05) is 6.07 Å². The van der Waals surface area contributed by atoms with Gasteiger partial charge in [0.25, 0.3) is 11.8 Å². The van der Waals surface area contributed by atoms with Gasteiger partial charge in [0.2, 0.25) is 0 Å². The predicted octanol–water partition coefficient (Wildman–Crippen LogP) is 1.45. The number of carbonyl (C=O) groups is 3. The van der Waals surface area contributed by atoms with Crippen molar-refractivity contribution in [3.63, 3.8) is 0 Å². The molecule has 2 atom stereocenters. The van der Waals surface area contributed by atoms with Crippen molar-refractivity contribution in [3.05, 3.63) is 30.3 Å². The lowest BCUT2D eigenvalue weighted by molar-refractivity contribution is -0.166. The lowest BCUT2D eigenvalue weighted by Crippen LogP contribution is -2.55. The van der Waals surface area contributed by atoms with E-state index in [4.69, 9.17) is 14.3 Å². The van der Waals surface area contributed by atoms with E-state index in [1.165, 1.54) is 4.90 Å². The maximum atomic E-state index is 12.8. The number of amides is 2. The monoisotopic (exact) mass is 440 g/mol. The summed E-state index contributed by atoms with van der Waals surface area (Å²) in [5.74, 6) is -1.37. The van der Waals surface area contributed by atoms with Crippen LogP contribution in [0.1, 0.15) is 34.6 Å². The molecule has 0 saturated carbocycles. The number of ether oxygens (including phenoxy) is 2. The Bertz CT molecular complexity index is 764. The largest absolute Gasteiger partial charge is 0.484 e. The van der Waals surface area contributed by atoms with Crippen LogP contribution in [0.25, 0.3) is 0 Å². The van der Waals surface area contributed by atoms with Gasteiger partial charge < -0.3 is 19.5 Å². The SMILES string of the molecule is CC(C)(C)OC(=O)CONC(=O)[C@@H]1[C@@H](O)SC(C)(C)N1C(=O)COc1ccccc1. The first-order valence-corrected chi connectivity index (χ1v) is 10.3. The zero-order chi connectivity index (χ0) is 22.5. The number of para-hydroxylation sites is 1. The van der Waals surface area contributed by atoms with Crippen LogP contribution in [0.15, 0.2) is 30.3 Å². The Balaban J connectivity index is 1.98. The molecule has 1 saturated heterocycles. The fourth-order valence-corrected chi connectivity index (χ4v) is 4.20. The molecule has 1 aromatic rings. The van der Waals surface area contributed by atoms with Crippen LogP contribution in [0.3, 0.4) is 0 Å². The first-order valence-electron chi connectivity index (χ1n) is 9.40. The summed E-state index contributed by atoms with van der Waals surface area (Å²) in [7, 11) is 0. The first-order chi connectivity index (χ1) is 13.9. The van der Waals surface area contributed by atoms with Crippen molar-refractivity contribution in [2.75, 3.05) is 13.2 Å². The van der Waals surface area contributed by atoms with Crippen molar-refractivity contribution in [1.29, 1.82) is 0 Å². The summed E-state index contributed by atoms with van der Waals surface area (Å²) in [6.07, 6.45) is 0. The lowest BCUT2D eigenvalue weighted by atomic mass is 10.2. The van der Waals surface area contributed by atoms with Gasteiger partial charge in [0.1, 0.15) is 22.8 Å². The highest BCUT2D eigenvalue weighted by atomic mass is 32.2. The molecule has 2 N–H and O–H groups in total. The minimum atomic E-state index is -1.21. The quantitative estimate of drug-likeness (QED) is 0.484. The Morgan fingerprint density at radius 1 is 1.17 bits per heavy atom. The minimum Gasteiger partial charge on any atom is -0.484 e. The molecular formula is C20H28N2O7S. The number of rotatable bonds is 7. The van der Waals surface area contributed by atoms with Crippen LogP contribution in [0.5, 0.6) is 5.75 Å². The van der Waals surface area contributed by atoms with Gasteiger partial charge in [-0.15, -0.1) is 11.8 Å². The number of hydrogen-bond donors (Lipinski definition) is 2. The summed E-state index contributed by atoms with van der Waals surface area (Å²) >= 11 is 1.06. The van der Waals surface area contributed by atoms with E-state index in [0.29, 0.717) is 5.75 Å². The van der Waals surface area contributed by atoms with E-state index in [2.05, 4.69) is 5.48 Å². The summed E-state index contributed by atoms with van der Waals surface area (Å²) in [6, 6.07) is 7.58. The zero-order valence-corrected chi connectivity index (χ0v) is 18.5. The Morgan fingerprint density at radius 2 is 1.80 bits per heavy atom. The van der Waals surface area contributed by atoms with Crippen LogP contribution >= 0.6 is 11.8 Å². The van der Waals surface area contributed by atoms with E-state index < -0.39 is 46.3 Å². The highest BCUT2D eigenvalue weighted by Crippen LogP contribution is 2.43. The average Bonchev–Trinajstić information content (AvgIpc) is 2.87. The third-order valence-electron chi connectivity index (χ3n) is 3.96. The van der Waals surface area contributed by atoms with Gasteiger partial charge in [-0.2, -0.15) is 0 Å². The standard InChI is InChI=1S/C20H28N2O7S/c1-19(2,3)29-15(24)12-28-21-17(25)16-18(26)30-20(4,5)22(16)14(23)11-27-13-9-7-6-8-10-13/h6-10,16,18,26H,11-12H2,1-5H3,(H,21,25)/t16-,18+/m1/s1. The molecule has 1 heterocycles. The molecule has 0 unspecified atom stereocenters. The van der Waals surface area contributed by atoms with E-state index in [1.54, 1.807) is 58.9 Å². The van der Waals surface area contributed by atoms with Crippen molar-refractivity contribution in [2.24, 2.45) is 0 Å². The molecule has 0 aliphatic carbocycles. The summed E-state index contributed by atoms with van der Waals surface area (Å²) in [6.45, 7) is 7.75. The molecule has 0 bridgehead atoms. The molecule has 1 aliphatic rings. The zero-order valence-electron chi connectivity index (χ0n) is 17.7. The molecule has 30 heavy (non-hydrogen) atoms. The van der Waals surface area contributed by atoms with Gasteiger partial charge in [0.15, 0.2) is 13.2 Å². The summed E-state index contributed by atoms with van der Waals surface area (Å²) in [5.41, 5.74) is 0.259. The number of nitrogens with one attached hydrogen (secondary N) is 1. The number of carbonyl (C=O) groups excluding carboxylic acids is 3. The van der Waals surface area contributed by atoms with Gasteiger partial charge >= 0.3 is 5.97 Å². The Morgan fingerprint density at radius 3 is 2.40 bits per heavy atom. The molecule has 0 aromatic heterocycles. The summed E-state index contributed by atoms with van der Waals surface area (Å²) < 4.78 is 10.6. The van der Waals surface area contributed by atoms with E-state index in [-0.39, 0.29) is 6.61 Å². The second-order valence-corrected chi connectivity index (χ2v) is 9.82. The van der Waals surface area contributed by atoms with Gasteiger partial charge in [-0.05, 0) is 46.8 Å². The van der Waals surface area contributed by atoms with Gasteiger partial charge in [-0.3, -0.25) is 14.4 Å². The molecule has 1 fully saturated rings. The van der Waals surface area contributed by atoms with Crippen molar-refractivity contribution >= 4 is 29.5 Å². The Labute approximate surface area is 180 Å². The lowest BCUT2D eigenvalue weighted by Gasteiger charge is -2.33. The van der Waals surface area contributed by atoms with Crippen molar-refractivity contribution in [1.82, 2.24) is 10.4 Å². The maximum absolute atomic E-state index is 12.8. The molecular weight excluding hydrogens is 412 g/mol. The van der Waals surface area contributed by atoms with Gasteiger partial charge in [-0.1, -0.05) is 18.2 Å². The highest BCUT2D eigenvalue weighted by molar-refractivity contribution is 8.01. The van der Waals surface area contributed by atoms with Gasteiger partial charge in [0, 0.05) is 0 Å². The predicted molar refractivity (Wildman–Crippen MR) is 110 cm³/mol. The number of aliphatic hydroxyl groups is 1. The van der Waals surface area contributed by atoms with E-state index >= 15 is 0 Å². The number of nitrogens with zero attached hydrogens (tertiary/aromatic N) is 1. The van der Waals surface area contributed by atoms with Crippen LogP contribution in [0.2, 0.25) is 0 Å². The van der Waals surface area contributed by atoms with Gasteiger partial charge in [-0.25, -0.2) is 10.3 Å². The van der Waals surface area contributed by atoms with Crippen molar-refractivity contribution in [3.8, 4) is 5.75 Å². The second-order valence-electron chi connectivity index (χ2n) is 8.11. The van der Waals surface area contributed by atoms with E-state index in [9.17, 15) is 19.5 Å². The molecule has 1 aliphatic heterocycles. The molecule has 2 amide bonds. The van der Waals surface area contributed by atoms with Crippen LogP contribution < -0.4 is 10.2 Å². The highest BCUT2D eigenvalue weighted by Gasteiger charge is 2.52. The van der Waals surface area contributed by atoms with E-state index in [0.717, 1.165) is 11.8 Å². The smallest absolute Gasteiger partial charge is 0.335 e. The third-order valence-corrected chi connectivity index (χ3v) is 5.24. The molecule has 2 rings (SSSR count). The normalized spacial score (nSPS) is 20.5. The molecule has 0 spiro atoms. The Kier molecular flexibility index (Phi) is 7.73. The Hall–Kier alpha value is -2.30. The number of hydroxylamine groups is 1. The molecule has 0 radical (unpaired) electrons.